The maximum absolute atomic E-state index is 12.7. The van der Waals surface area contributed by atoms with Crippen LogP contribution in [-0.2, 0) is 4.79 Å². The number of anilines is 1. The van der Waals surface area contributed by atoms with Gasteiger partial charge in [0.2, 0.25) is 0 Å². The van der Waals surface area contributed by atoms with E-state index in [1.807, 2.05) is 85.5 Å². The molecule has 1 aliphatic rings. The van der Waals surface area contributed by atoms with Gasteiger partial charge in [-0.3, -0.25) is 9.59 Å². The molecule has 0 bridgehead atoms. The highest BCUT2D eigenvalue weighted by Gasteiger charge is 2.26. The van der Waals surface area contributed by atoms with Crippen LogP contribution in [0, 0.1) is 13.8 Å². The summed E-state index contributed by atoms with van der Waals surface area (Å²) in [6, 6.07) is 15.8. The van der Waals surface area contributed by atoms with Crippen LogP contribution >= 0.6 is 0 Å². The number of para-hydroxylation sites is 1. The highest BCUT2D eigenvalue weighted by molar-refractivity contribution is 6.35. The van der Waals surface area contributed by atoms with E-state index in [9.17, 15) is 9.59 Å². The number of carbonyl (C=O) groups excluding carboxylic acids is 2. The van der Waals surface area contributed by atoms with Gasteiger partial charge >= 0.3 is 0 Å². The van der Waals surface area contributed by atoms with Crippen molar-refractivity contribution in [1.29, 1.82) is 0 Å². The number of nitrogens with one attached hydrogen (secondary N) is 2. The molecule has 2 aromatic heterocycles. The van der Waals surface area contributed by atoms with Crippen molar-refractivity contribution in [3.63, 3.8) is 0 Å². The zero-order chi connectivity index (χ0) is 22.4. The number of nitrogens with zero attached hydrogens (tertiary/aromatic N) is 2. The van der Waals surface area contributed by atoms with Gasteiger partial charge in [0.25, 0.3) is 5.91 Å². The molecule has 4 aromatic rings. The second-order valence-corrected chi connectivity index (χ2v) is 8.00. The Hall–Kier alpha value is -4.19. The van der Waals surface area contributed by atoms with Crippen molar-refractivity contribution in [3.8, 4) is 16.8 Å². The number of aromatic amines is 1. The number of aryl methyl sites for hydroxylation is 1. The van der Waals surface area contributed by atoms with Crippen LogP contribution in [0.5, 0.6) is 0 Å². The molecule has 2 N–H and O–H groups in total. The van der Waals surface area contributed by atoms with Crippen LogP contribution in [0.1, 0.15) is 39.8 Å². The Bertz CT molecular complexity index is 1410. The summed E-state index contributed by atoms with van der Waals surface area (Å²) in [4.78, 5) is 28.0. The van der Waals surface area contributed by atoms with Gasteiger partial charge in [-0.2, -0.15) is 5.10 Å². The van der Waals surface area contributed by atoms with Crippen molar-refractivity contribution >= 4 is 29.0 Å². The van der Waals surface area contributed by atoms with E-state index in [-0.39, 0.29) is 11.7 Å². The van der Waals surface area contributed by atoms with Crippen LogP contribution in [0.15, 0.2) is 60.9 Å². The lowest BCUT2D eigenvalue weighted by molar-refractivity contribution is -0.110. The molecule has 2 aromatic carbocycles. The van der Waals surface area contributed by atoms with Crippen LogP contribution in [-0.4, -0.2) is 26.5 Å². The lowest BCUT2D eigenvalue weighted by Crippen LogP contribution is -2.03. The summed E-state index contributed by atoms with van der Waals surface area (Å²) in [5.41, 5.74) is 8.19. The Morgan fingerprint density at radius 3 is 2.56 bits per heavy atom. The van der Waals surface area contributed by atoms with E-state index in [0.29, 0.717) is 11.1 Å². The molecule has 0 saturated heterocycles. The number of fused-ring (bicyclic) bond motifs is 1. The first-order valence-corrected chi connectivity index (χ1v) is 10.4. The molecule has 6 nitrogen and oxygen atoms in total. The van der Waals surface area contributed by atoms with Gasteiger partial charge in [-0.1, -0.05) is 24.3 Å². The van der Waals surface area contributed by atoms with Gasteiger partial charge in [0, 0.05) is 40.0 Å². The monoisotopic (exact) mass is 422 g/mol. The molecule has 0 spiro atoms. The second-order valence-electron chi connectivity index (χ2n) is 8.00. The summed E-state index contributed by atoms with van der Waals surface area (Å²) in [5.74, 6) is -0.150. The summed E-state index contributed by atoms with van der Waals surface area (Å²) in [6.07, 6.45) is 5.62. The number of Topliss-reactive ketones (excluding diaryl/α,β-unsaturated/α-hetero) is 1. The average molecular weight is 422 g/mol. The second kappa shape index (κ2) is 7.50. The van der Waals surface area contributed by atoms with Crippen molar-refractivity contribution < 1.29 is 9.59 Å². The van der Waals surface area contributed by atoms with Crippen molar-refractivity contribution in [2.75, 3.05) is 5.32 Å². The van der Waals surface area contributed by atoms with Gasteiger partial charge in [-0.15, -0.1) is 0 Å². The molecule has 0 radical (unpaired) electrons. The number of H-pyrrole nitrogens is 1. The van der Waals surface area contributed by atoms with E-state index in [4.69, 9.17) is 0 Å². The zero-order valence-electron chi connectivity index (χ0n) is 18.1. The molecule has 0 aliphatic carbocycles. The first-order valence-electron chi connectivity index (χ1n) is 10.4. The summed E-state index contributed by atoms with van der Waals surface area (Å²) < 4.78 is 1.83. The van der Waals surface area contributed by atoms with Gasteiger partial charge in [-0.05, 0) is 62.2 Å². The quantitative estimate of drug-likeness (QED) is 0.351. The minimum absolute atomic E-state index is 0.00916. The number of amides is 1. The van der Waals surface area contributed by atoms with Crippen molar-refractivity contribution in [3.05, 3.63) is 89.0 Å². The Kier molecular flexibility index (Phi) is 4.63. The molecular formula is C26H22N4O2. The molecule has 1 amide bonds. The molecule has 0 atom stereocenters. The van der Waals surface area contributed by atoms with Gasteiger partial charge in [-0.25, -0.2) is 4.68 Å². The first-order chi connectivity index (χ1) is 15.4. The van der Waals surface area contributed by atoms with Gasteiger partial charge in [0.1, 0.15) is 0 Å². The lowest BCUT2D eigenvalue weighted by Gasteiger charge is -2.03. The number of rotatable bonds is 4. The Morgan fingerprint density at radius 1 is 1.06 bits per heavy atom. The number of aromatic nitrogens is 3. The van der Waals surface area contributed by atoms with Crippen LogP contribution in [0.25, 0.3) is 28.5 Å². The molecular weight excluding hydrogens is 400 g/mol. The fourth-order valence-electron chi connectivity index (χ4n) is 4.30. The molecule has 0 unspecified atom stereocenters. The van der Waals surface area contributed by atoms with E-state index >= 15 is 0 Å². The number of ketones is 1. The first kappa shape index (κ1) is 19.8. The predicted molar refractivity (Wildman–Crippen MR) is 126 cm³/mol. The summed E-state index contributed by atoms with van der Waals surface area (Å²) >= 11 is 0. The Balaban J connectivity index is 1.55. The van der Waals surface area contributed by atoms with Gasteiger partial charge in [0.05, 0.1) is 17.5 Å². The largest absolute Gasteiger partial charge is 0.358 e. The lowest BCUT2D eigenvalue weighted by atomic mass is 9.99. The van der Waals surface area contributed by atoms with Crippen LogP contribution in [0.3, 0.4) is 0 Å². The summed E-state index contributed by atoms with van der Waals surface area (Å²) in [6.45, 7) is 5.32. The normalized spacial score (nSPS) is 14.0. The van der Waals surface area contributed by atoms with Gasteiger partial charge < -0.3 is 10.3 Å². The van der Waals surface area contributed by atoms with Crippen LogP contribution in [0.4, 0.5) is 5.69 Å². The Labute approximate surface area is 185 Å². The minimum Gasteiger partial charge on any atom is -0.358 e. The third-order valence-corrected chi connectivity index (χ3v) is 5.86. The van der Waals surface area contributed by atoms with E-state index in [2.05, 4.69) is 15.4 Å². The van der Waals surface area contributed by atoms with Crippen LogP contribution in [0.2, 0.25) is 0 Å². The average Bonchev–Trinajstić information content (AvgIpc) is 3.45. The molecule has 5 rings (SSSR count). The number of carbonyl (C=O) groups is 2. The fourth-order valence-corrected chi connectivity index (χ4v) is 4.30. The highest BCUT2D eigenvalue weighted by Crippen LogP contribution is 2.37. The summed E-state index contributed by atoms with van der Waals surface area (Å²) in [7, 11) is 0. The minimum atomic E-state index is -0.159. The number of benzene rings is 2. The predicted octanol–water partition coefficient (Wildman–Crippen LogP) is 5.18. The Morgan fingerprint density at radius 2 is 1.84 bits per heavy atom. The molecule has 1 aliphatic heterocycles. The van der Waals surface area contributed by atoms with E-state index in [0.717, 1.165) is 45.0 Å². The van der Waals surface area contributed by atoms with E-state index < -0.39 is 0 Å². The third-order valence-electron chi connectivity index (χ3n) is 5.86. The number of hydrogen-bond acceptors (Lipinski definition) is 3. The van der Waals surface area contributed by atoms with Gasteiger partial charge in [0.15, 0.2) is 5.78 Å². The maximum Gasteiger partial charge on any atom is 0.256 e. The standard InChI is InChI=1S/C26H22N4O2/c1-15-24(28-16(2)25(15)17(3)31)12-22-21-11-18(9-10-23(21)29-26(22)32)19-13-27-30(14-19)20-7-5-4-6-8-20/h4-14,28H,1-3H3,(H,29,32). The molecule has 6 heteroatoms. The zero-order valence-corrected chi connectivity index (χ0v) is 18.1. The molecule has 158 valence electrons. The van der Waals surface area contributed by atoms with Crippen LogP contribution < -0.4 is 5.32 Å². The van der Waals surface area contributed by atoms with E-state index in [1.165, 1.54) is 0 Å². The van der Waals surface area contributed by atoms with Crippen molar-refractivity contribution in [2.24, 2.45) is 0 Å². The summed E-state index contributed by atoms with van der Waals surface area (Å²) in [5, 5.41) is 7.41. The number of hydrogen-bond donors (Lipinski definition) is 2. The third kappa shape index (κ3) is 3.26. The van der Waals surface area contributed by atoms with E-state index in [1.54, 1.807) is 6.92 Å². The highest BCUT2D eigenvalue weighted by atomic mass is 16.2. The molecule has 0 fully saturated rings. The molecule has 0 saturated carbocycles. The fraction of sp³-hybridized carbons (Fsp3) is 0.115. The maximum atomic E-state index is 12.7. The van der Waals surface area contributed by atoms with Crippen molar-refractivity contribution in [1.82, 2.24) is 14.8 Å². The molecule has 3 heterocycles. The topological polar surface area (TPSA) is 79.8 Å². The SMILES string of the molecule is CC(=O)c1c(C)[nH]c(C=C2C(=O)Nc3ccc(-c4cnn(-c5ccccc5)c4)cc32)c1C. The smallest absolute Gasteiger partial charge is 0.256 e. The van der Waals surface area contributed by atoms with Crippen molar-refractivity contribution in [2.45, 2.75) is 20.8 Å². The molecule has 32 heavy (non-hydrogen) atoms.